The third-order valence-corrected chi connectivity index (χ3v) is 3.36. The number of fused-ring (bicyclic) bond motifs is 1. The number of methoxy groups -OCH3 is 1. The summed E-state index contributed by atoms with van der Waals surface area (Å²) in [4.78, 5) is 11.9. The lowest BCUT2D eigenvalue weighted by Crippen LogP contribution is -2.08. The molecule has 0 fully saturated rings. The predicted octanol–water partition coefficient (Wildman–Crippen LogP) is 2.56. The van der Waals surface area contributed by atoms with E-state index in [0.717, 1.165) is 9.60 Å². The molecular weight excluding hydrogens is 248 g/mol. The maximum atomic E-state index is 11.1. The molecule has 0 aliphatic rings. The maximum Gasteiger partial charge on any atom is 0.513 e. The number of carbonyl (C=O) groups is 1. The van der Waals surface area contributed by atoms with E-state index in [0.29, 0.717) is 11.3 Å². The van der Waals surface area contributed by atoms with E-state index in [2.05, 4.69) is 14.3 Å². The Labute approximate surface area is 99.9 Å². The number of aromatic nitrogens is 2. The first-order valence-corrected chi connectivity index (χ1v) is 6.31. The Balaban J connectivity index is 2.53. The molecule has 0 saturated heterocycles. The summed E-state index contributed by atoms with van der Waals surface area (Å²) < 4.78 is 14.2. The van der Waals surface area contributed by atoms with E-state index in [1.807, 2.05) is 18.4 Å². The minimum absolute atomic E-state index is 0.408. The van der Waals surface area contributed by atoms with Crippen molar-refractivity contribution in [3.8, 4) is 5.75 Å². The van der Waals surface area contributed by atoms with Gasteiger partial charge in [0.15, 0.2) is 5.75 Å². The highest BCUT2D eigenvalue weighted by atomic mass is 32.2. The lowest BCUT2D eigenvalue weighted by atomic mass is 10.3. The van der Waals surface area contributed by atoms with Gasteiger partial charge in [0.1, 0.15) is 5.52 Å². The second kappa shape index (κ2) is 4.67. The van der Waals surface area contributed by atoms with Gasteiger partial charge in [0.25, 0.3) is 0 Å². The second-order valence-electron chi connectivity index (χ2n) is 2.77. The van der Waals surface area contributed by atoms with Crippen molar-refractivity contribution >= 4 is 39.7 Å². The van der Waals surface area contributed by atoms with Gasteiger partial charge in [-0.15, -0.1) is 16.9 Å². The Hall–Kier alpha value is -1.34. The molecular formula is C9H8N2O3S2. The van der Waals surface area contributed by atoms with Crippen LogP contribution < -0.4 is 4.74 Å². The van der Waals surface area contributed by atoms with E-state index >= 15 is 0 Å². The van der Waals surface area contributed by atoms with Crippen LogP contribution in [0, 0.1) is 0 Å². The summed E-state index contributed by atoms with van der Waals surface area (Å²) in [7, 11) is 1.26. The minimum Gasteiger partial charge on any atom is -0.437 e. The van der Waals surface area contributed by atoms with Crippen molar-refractivity contribution < 1.29 is 14.3 Å². The van der Waals surface area contributed by atoms with Gasteiger partial charge in [-0.3, -0.25) is 0 Å². The molecule has 0 radical (unpaired) electrons. The van der Waals surface area contributed by atoms with Crippen molar-refractivity contribution in [1.82, 2.24) is 9.59 Å². The molecule has 0 bridgehead atoms. The van der Waals surface area contributed by atoms with E-state index in [4.69, 9.17) is 4.74 Å². The number of thioether (sulfide) groups is 1. The summed E-state index contributed by atoms with van der Waals surface area (Å²) in [5.74, 6) is 0.408. The number of rotatable bonds is 2. The van der Waals surface area contributed by atoms with Gasteiger partial charge in [-0.05, 0) is 29.9 Å². The lowest BCUT2D eigenvalue weighted by Gasteiger charge is -2.06. The van der Waals surface area contributed by atoms with E-state index in [1.165, 1.54) is 30.4 Å². The fourth-order valence-electron chi connectivity index (χ4n) is 1.19. The molecule has 2 aromatic rings. The highest BCUT2D eigenvalue weighted by Gasteiger charge is 2.15. The van der Waals surface area contributed by atoms with Gasteiger partial charge >= 0.3 is 6.16 Å². The average molecular weight is 256 g/mol. The summed E-state index contributed by atoms with van der Waals surface area (Å²) in [5, 5.41) is 3.94. The van der Waals surface area contributed by atoms with Crippen molar-refractivity contribution in [3.63, 3.8) is 0 Å². The summed E-state index contributed by atoms with van der Waals surface area (Å²) in [6.45, 7) is 0. The Morgan fingerprint density at radius 2 is 2.31 bits per heavy atom. The van der Waals surface area contributed by atoms with Gasteiger partial charge in [-0.25, -0.2) is 4.79 Å². The van der Waals surface area contributed by atoms with Crippen LogP contribution in [0.2, 0.25) is 0 Å². The monoisotopic (exact) mass is 256 g/mol. The molecule has 0 N–H and O–H groups in total. The van der Waals surface area contributed by atoms with Crippen LogP contribution in [-0.4, -0.2) is 29.1 Å². The largest absolute Gasteiger partial charge is 0.513 e. The number of nitrogens with zero attached hydrogens (tertiary/aromatic N) is 2. The van der Waals surface area contributed by atoms with Crippen LogP contribution in [0.15, 0.2) is 17.0 Å². The number of carbonyl (C=O) groups excluding carboxylic acids is 1. The molecule has 2 rings (SSSR count). The molecule has 84 valence electrons. The Kier molecular flexibility index (Phi) is 3.25. The van der Waals surface area contributed by atoms with E-state index in [-0.39, 0.29) is 0 Å². The molecule has 0 spiro atoms. The van der Waals surface area contributed by atoms with E-state index in [1.54, 1.807) is 0 Å². The van der Waals surface area contributed by atoms with E-state index < -0.39 is 6.16 Å². The highest BCUT2D eigenvalue weighted by Crippen LogP contribution is 2.35. The molecule has 5 nitrogen and oxygen atoms in total. The van der Waals surface area contributed by atoms with Crippen LogP contribution in [0.1, 0.15) is 0 Å². The molecule has 1 aromatic heterocycles. The average Bonchev–Trinajstić information content (AvgIpc) is 2.77. The lowest BCUT2D eigenvalue weighted by molar-refractivity contribution is 0.121. The molecule has 0 saturated carbocycles. The highest BCUT2D eigenvalue weighted by molar-refractivity contribution is 7.98. The van der Waals surface area contributed by atoms with Gasteiger partial charge in [0.05, 0.1) is 16.7 Å². The quantitative estimate of drug-likeness (QED) is 0.467. The molecule has 0 aliphatic heterocycles. The Morgan fingerprint density at radius 3 is 3.00 bits per heavy atom. The third-order valence-electron chi connectivity index (χ3n) is 1.91. The topological polar surface area (TPSA) is 61.3 Å². The van der Waals surface area contributed by atoms with Crippen molar-refractivity contribution in [2.24, 2.45) is 0 Å². The first-order chi connectivity index (χ1) is 7.76. The standard InChI is InChI=1S/C9H8N2O3S2/c1-13-9(12)14-8-6(15-2)4-3-5-7(8)10-11-16-5/h3-4H,1-2H3. The minimum atomic E-state index is -0.754. The summed E-state index contributed by atoms with van der Waals surface area (Å²) in [6.07, 6.45) is 1.14. The smallest absolute Gasteiger partial charge is 0.437 e. The zero-order valence-electron chi connectivity index (χ0n) is 8.59. The number of benzene rings is 1. The first kappa shape index (κ1) is 11.2. The number of ether oxygens (including phenoxy) is 2. The Morgan fingerprint density at radius 1 is 1.50 bits per heavy atom. The number of hydrogen-bond donors (Lipinski definition) is 0. The van der Waals surface area contributed by atoms with Crippen LogP contribution in [0.5, 0.6) is 5.75 Å². The fourth-order valence-corrected chi connectivity index (χ4v) is 2.28. The van der Waals surface area contributed by atoms with Crippen molar-refractivity contribution in [1.29, 1.82) is 0 Å². The zero-order valence-corrected chi connectivity index (χ0v) is 10.2. The van der Waals surface area contributed by atoms with Crippen molar-refractivity contribution in [3.05, 3.63) is 12.1 Å². The van der Waals surface area contributed by atoms with Crippen LogP contribution in [0.25, 0.3) is 10.2 Å². The zero-order chi connectivity index (χ0) is 11.5. The second-order valence-corrected chi connectivity index (χ2v) is 4.41. The molecule has 0 atom stereocenters. The van der Waals surface area contributed by atoms with Crippen LogP contribution in [-0.2, 0) is 4.74 Å². The molecule has 0 unspecified atom stereocenters. The summed E-state index contributed by atoms with van der Waals surface area (Å²) in [5.41, 5.74) is 0.585. The van der Waals surface area contributed by atoms with Gasteiger partial charge in [-0.1, -0.05) is 4.49 Å². The molecule has 0 aliphatic carbocycles. The first-order valence-electron chi connectivity index (χ1n) is 4.31. The third kappa shape index (κ3) is 1.96. The van der Waals surface area contributed by atoms with Crippen LogP contribution in [0.4, 0.5) is 4.79 Å². The van der Waals surface area contributed by atoms with Crippen LogP contribution >= 0.6 is 23.3 Å². The van der Waals surface area contributed by atoms with Crippen molar-refractivity contribution in [2.45, 2.75) is 4.90 Å². The number of hydrogen-bond acceptors (Lipinski definition) is 7. The fraction of sp³-hybridized carbons (Fsp3) is 0.222. The SMILES string of the molecule is COC(=O)Oc1c(SC)ccc2snnc12. The van der Waals surface area contributed by atoms with Gasteiger partial charge in [0, 0.05) is 0 Å². The normalized spacial score (nSPS) is 10.4. The maximum absolute atomic E-state index is 11.1. The molecule has 0 amide bonds. The van der Waals surface area contributed by atoms with Gasteiger partial charge in [0.2, 0.25) is 0 Å². The molecule has 1 aromatic carbocycles. The summed E-state index contributed by atoms with van der Waals surface area (Å²) >= 11 is 2.72. The molecule has 7 heteroatoms. The van der Waals surface area contributed by atoms with Gasteiger partial charge in [-0.2, -0.15) is 0 Å². The molecule has 16 heavy (non-hydrogen) atoms. The van der Waals surface area contributed by atoms with Crippen molar-refractivity contribution in [2.75, 3.05) is 13.4 Å². The summed E-state index contributed by atoms with van der Waals surface area (Å²) in [6, 6.07) is 3.76. The van der Waals surface area contributed by atoms with Gasteiger partial charge < -0.3 is 9.47 Å². The predicted molar refractivity (Wildman–Crippen MR) is 62.2 cm³/mol. The van der Waals surface area contributed by atoms with E-state index in [9.17, 15) is 4.79 Å². The molecule has 1 heterocycles. The Bertz CT molecular complexity index is 526. The van der Waals surface area contributed by atoms with Crippen LogP contribution in [0.3, 0.4) is 0 Å².